The smallest absolute Gasteiger partial charge is 0.243 e. The van der Waals surface area contributed by atoms with Gasteiger partial charge in [-0.1, -0.05) is 12.2 Å². The lowest BCUT2D eigenvalue weighted by molar-refractivity contribution is -0.131. The molecule has 0 aromatic rings. The van der Waals surface area contributed by atoms with Crippen LogP contribution in [0.5, 0.6) is 0 Å². The number of amides is 1. The number of carbonyl (C=O) groups is 1. The highest BCUT2D eigenvalue weighted by Gasteiger charge is 2.24. The number of hydrogen-bond acceptors (Lipinski definition) is 3. The number of nitrogens with one attached hydrogen (secondary N) is 1. The maximum atomic E-state index is 11.8. The minimum Gasteiger partial charge on any atom is -0.339 e. The first-order valence-electron chi connectivity index (χ1n) is 4.64. The maximum Gasteiger partial charge on any atom is 0.243 e. The average Bonchev–Trinajstić information content (AvgIpc) is 2.71. The molecule has 3 nitrogen and oxygen atoms in total. The maximum absolute atomic E-state index is 11.8. The first-order chi connectivity index (χ1) is 6.38. The summed E-state index contributed by atoms with van der Waals surface area (Å²) in [5.41, 5.74) is 0. The van der Waals surface area contributed by atoms with Gasteiger partial charge in [-0.25, -0.2) is 0 Å². The first kappa shape index (κ1) is 9.09. The van der Waals surface area contributed by atoms with E-state index in [1.165, 1.54) is 0 Å². The van der Waals surface area contributed by atoms with Gasteiger partial charge < -0.3 is 4.90 Å². The number of nitrogens with zero attached hydrogens (tertiary/aromatic N) is 1. The molecule has 2 heterocycles. The monoisotopic (exact) mass is 198 g/mol. The van der Waals surface area contributed by atoms with Gasteiger partial charge in [-0.05, 0) is 0 Å². The predicted octanol–water partition coefficient (Wildman–Crippen LogP) is 0.0898. The van der Waals surface area contributed by atoms with Gasteiger partial charge in [-0.15, -0.1) is 0 Å². The summed E-state index contributed by atoms with van der Waals surface area (Å²) in [7, 11) is 0. The molecule has 0 aromatic carbocycles. The standard InChI is InChI=1S/C9H14N2OS/c12-9(8-2-1-3-10-8)11-4-6-13-7-5-11/h1-2,8,10H,3-7H2. The van der Waals surface area contributed by atoms with Crippen LogP contribution in [-0.2, 0) is 4.79 Å². The molecule has 13 heavy (non-hydrogen) atoms. The molecule has 2 aliphatic heterocycles. The Kier molecular flexibility index (Phi) is 2.90. The van der Waals surface area contributed by atoms with E-state index >= 15 is 0 Å². The number of hydrogen-bond donors (Lipinski definition) is 1. The molecule has 0 radical (unpaired) electrons. The van der Waals surface area contributed by atoms with Gasteiger partial charge in [0, 0.05) is 31.1 Å². The Bertz CT molecular complexity index is 224. The van der Waals surface area contributed by atoms with E-state index in [2.05, 4.69) is 5.32 Å². The van der Waals surface area contributed by atoms with Crippen LogP contribution in [0.2, 0.25) is 0 Å². The largest absolute Gasteiger partial charge is 0.339 e. The van der Waals surface area contributed by atoms with E-state index in [-0.39, 0.29) is 11.9 Å². The van der Waals surface area contributed by atoms with E-state index in [0.717, 1.165) is 31.1 Å². The van der Waals surface area contributed by atoms with Crippen LogP contribution in [0.1, 0.15) is 0 Å². The molecule has 1 atom stereocenters. The van der Waals surface area contributed by atoms with Crippen LogP contribution in [0.4, 0.5) is 0 Å². The molecule has 1 fully saturated rings. The van der Waals surface area contributed by atoms with Gasteiger partial charge in [0.05, 0.1) is 0 Å². The van der Waals surface area contributed by atoms with E-state index in [1.54, 1.807) is 0 Å². The van der Waals surface area contributed by atoms with Gasteiger partial charge in [0.15, 0.2) is 0 Å². The molecular formula is C9H14N2OS. The lowest BCUT2D eigenvalue weighted by Gasteiger charge is -2.28. The zero-order chi connectivity index (χ0) is 9.10. The summed E-state index contributed by atoms with van der Waals surface area (Å²) in [5, 5.41) is 3.14. The molecule has 72 valence electrons. The van der Waals surface area contributed by atoms with Crippen LogP contribution in [0.25, 0.3) is 0 Å². The minimum absolute atomic E-state index is 0.0527. The summed E-state index contributed by atoms with van der Waals surface area (Å²) in [6.45, 7) is 2.66. The van der Waals surface area contributed by atoms with Crippen molar-refractivity contribution in [2.75, 3.05) is 31.1 Å². The number of rotatable bonds is 1. The Morgan fingerprint density at radius 2 is 2.23 bits per heavy atom. The molecule has 0 saturated carbocycles. The SMILES string of the molecule is O=C(C1C=CCN1)N1CCSCC1. The fourth-order valence-electron chi connectivity index (χ4n) is 1.62. The van der Waals surface area contributed by atoms with E-state index in [0.29, 0.717) is 0 Å². The molecule has 0 aromatic heterocycles. The quantitative estimate of drug-likeness (QED) is 0.606. The van der Waals surface area contributed by atoms with Crippen molar-refractivity contribution in [3.63, 3.8) is 0 Å². The summed E-state index contributed by atoms with van der Waals surface area (Å²) in [6, 6.07) is -0.0527. The highest BCUT2D eigenvalue weighted by Crippen LogP contribution is 2.11. The van der Waals surface area contributed by atoms with Crippen molar-refractivity contribution >= 4 is 17.7 Å². The van der Waals surface area contributed by atoms with Crippen molar-refractivity contribution in [3.05, 3.63) is 12.2 Å². The first-order valence-corrected chi connectivity index (χ1v) is 5.80. The molecule has 4 heteroatoms. The van der Waals surface area contributed by atoms with Crippen molar-refractivity contribution < 1.29 is 4.79 Å². The van der Waals surface area contributed by atoms with Gasteiger partial charge >= 0.3 is 0 Å². The summed E-state index contributed by atoms with van der Waals surface area (Å²) < 4.78 is 0. The Hall–Kier alpha value is -0.480. The summed E-state index contributed by atoms with van der Waals surface area (Å²) in [4.78, 5) is 13.8. The minimum atomic E-state index is -0.0527. The molecule has 1 amide bonds. The second-order valence-corrected chi connectivity index (χ2v) is 4.48. The van der Waals surface area contributed by atoms with Crippen LogP contribution in [0.3, 0.4) is 0 Å². The number of thioether (sulfide) groups is 1. The predicted molar refractivity (Wildman–Crippen MR) is 54.8 cm³/mol. The molecule has 1 unspecified atom stereocenters. The lowest BCUT2D eigenvalue weighted by Crippen LogP contribution is -2.46. The summed E-state index contributed by atoms with van der Waals surface area (Å²) in [5.74, 6) is 2.42. The number of carbonyl (C=O) groups excluding carboxylic acids is 1. The van der Waals surface area contributed by atoms with Crippen LogP contribution >= 0.6 is 11.8 Å². The highest BCUT2D eigenvalue weighted by molar-refractivity contribution is 7.99. The van der Waals surface area contributed by atoms with Crippen molar-refractivity contribution in [3.8, 4) is 0 Å². The topological polar surface area (TPSA) is 32.3 Å². The zero-order valence-electron chi connectivity index (χ0n) is 7.53. The lowest BCUT2D eigenvalue weighted by atomic mass is 10.2. The molecule has 2 rings (SSSR count). The van der Waals surface area contributed by atoms with Crippen LogP contribution < -0.4 is 5.32 Å². The molecule has 0 aliphatic carbocycles. The van der Waals surface area contributed by atoms with Gasteiger partial charge in [0.1, 0.15) is 6.04 Å². The van der Waals surface area contributed by atoms with E-state index in [1.807, 2.05) is 28.8 Å². The molecule has 1 saturated heterocycles. The summed E-state index contributed by atoms with van der Waals surface area (Å²) in [6.07, 6.45) is 3.98. The van der Waals surface area contributed by atoms with E-state index < -0.39 is 0 Å². The normalized spacial score (nSPS) is 28.0. The van der Waals surface area contributed by atoms with Gasteiger partial charge in [0.25, 0.3) is 0 Å². The second kappa shape index (κ2) is 4.15. The van der Waals surface area contributed by atoms with Crippen molar-refractivity contribution in [2.24, 2.45) is 0 Å². The Morgan fingerprint density at radius 1 is 1.46 bits per heavy atom. The van der Waals surface area contributed by atoms with Crippen molar-refractivity contribution in [1.29, 1.82) is 0 Å². The second-order valence-electron chi connectivity index (χ2n) is 3.25. The Balaban J connectivity index is 1.91. The third-order valence-electron chi connectivity index (χ3n) is 2.37. The molecule has 0 spiro atoms. The fraction of sp³-hybridized carbons (Fsp3) is 0.667. The van der Waals surface area contributed by atoms with Crippen LogP contribution in [-0.4, -0.2) is 48.0 Å². The molecule has 2 aliphatic rings. The van der Waals surface area contributed by atoms with Crippen LogP contribution in [0.15, 0.2) is 12.2 Å². The van der Waals surface area contributed by atoms with Gasteiger partial charge in [-0.2, -0.15) is 11.8 Å². The Morgan fingerprint density at radius 3 is 2.85 bits per heavy atom. The fourth-order valence-corrected chi connectivity index (χ4v) is 2.52. The third-order valence-corrected chi connectivity index (χ3v) is 3.32. The molecule has 0 bridgehead atoms. The summed E-state index contributed by atoms with van der Waals surface area (Å²) >= 11 is 1.93. The van der Waals surface area contributed by atoms with Crippen molar-refractivity contribution in [1.82, 2.24) is 10.2 Å². The third kappa shape index (κ3) is 2.06. The van der Waals surface area contributed by atoms with E-state index in [9.17, 15) is 4.79 Å². The highest BCUT2D eigenvalue weighted by atomic mass is 32.2. The van der Waals surface area contributed by atoms with Gasteiger partial charge in [0.2, 0.25) is 5.91 Å². The van der Waals surface area contributed by atoms with Crippen LogP contribution in [0, 0.1) is 0 Å². The molecular weight excluding hydrogens is 184 g/mol. The average molecular weight is 198 g/mol. The molecule has 1 N–H and O–H groups in total. The zero-order valence-corrected chi connectivity index (χ0v) is 8.35. The Labute approximate surface area is 82.6 Å². The van der Waals surface area contributed by atoms with Gasteiger partial charge in [-0.3, -0.25) is 10.1 Å². The van der Waals surface area contributed by atoms with Crippen molar-refractivity contribution in [2.45, 2.75) is 6.04 Å². The van der Waals surface area contributed by atoms with E-state index in [4.69, 9.17) is 0 Å².